The predicted octanol–water partition coefficient (Wildman–Crippen LogP) is 2.91. The van der Waals surface area contributed by atoms with Crippen LogP contribution >= 0.6 is 27.5 Å². The van der Waals surface area contributed by atoms with Crippen molar-refractivity contribution in [2.75, 3.05) is 6.54 Å². The van der Waals surface area contributed by atoms with E-state index in [1.165, 1.54) is 0 Å². The normalized spacial score (nSPS) is 12.9. The van der Waals surface area contributed by atoms with Gasteiger partial charge in [0.05, 0.1) is 18.0 Å². The molecule has 7 heteroatoms. The summed E-state index contributed by atoms with van der Waals surface area (Å²) in [5, 5.41) is 11.8. The lowest BCUT2D eigenvalue weighted by atomic mass is 10.1. The third kappa shape index (κ3) is 2.60. The van der Waals surface area contributed by atoms with E-state index < -0.39 is 0 Å². The first-order valence-electron chi connectivity index (χ1n) is 5.66. The zero-order chi connectivity index (χ0) is 13.1. The van der Waals surface area contributed by atoms with Crippen molar-refractivity contribution in [3.05, 3.63) is 33.4 Å². The Hall–Kier alpha value is -0.850. The minimum Gasteiger partial charge on any atom is -0.453 e. The van der Waals surface area contributed by atoms with Gasteiger partial charge >= 0.3 is 0 Å². The Bertz CT molecular complexity index is 505. The van der Waals surface area contributed by atoms with Crippen LogP contribution in [0.3, 0.4) is 0 Å². The summed E-state index contributed by atoms with van der Waals surface area (Å²) in [5.74, 6) is 0. The Morgan fingerprint density at radius 1 is 1.61 bits per heavy atom. The van der Waals surface area contributed by atoms with Crippen LogP contribution in [0.4, 0.5) is 0 Å². The smallest absolute Gasteiger partial charge is 0.198 e. The van der Waals surface area contributed by atoms with Gasteiger partial charge in [-0.1, -0.05) is 12.1 Å². The molecule has 18 heavy (non-hydrogen) atoms. The summed E-state index contributed by atoms with van der Waals surface area (Å²) in [6, 6.07) is 1.76. The van der Waals surface area contributed by atoms with Crippen LogP contribution in [0, 0.1) is 0 Å². The first kappa shape index (κ1) is 13.6. The van der Waals surface area contributed by atoms with Crippen molar-refractivity contribution >= 4 is 27.5 Å². The molecule has 0 bridgehead atoms. The molecule has 5 nitrogen and oxygen atoms in total. The fourth-order valence-electron chi connectivity index (χ4n) is 1.80. The van der Waals surface area contributed by atoms with E-state index >= 15 is 0 Å². The summed E-state index contributed by atoms with van der Waals surface area (Å²) in [6.07, 6.45) is 2.60. The molecule has 0 aromatic carbocycles. The van der Waals surface area contributed by atoms with Crippen molar-refractivity contribution < 1.29 is 4.42 Å². The third-order valence-electron chi connectivity index (χ3n) is 2.66. The molecule has 0 radical (unpaired) electrons. The summed E-state index contributed by atoms with van der Waals surface area (Å²) in [7, 11) is 1.85. The predicted molar refractivity (Wildman–Crippen MR) is 72.6 cm³/mol. The number of nitrogens with zero attached hydrogens (tertiary/aromatic N) is 3. The second kappa shape index (κ2) is 5.86. The zero-order valence-electron chi connectivity index (χ0n) is 10.2. The summed E-state index contributed by atoms with van der Waals surface area (Å²) < 4.78 is 7.59. The van der Waals surface area contributed by atoms with E-state index in [4.69, 9.17) is 16.0 Å². The molecule has 2 aromatic heterocycles. The highest BCUT2D eigenvalue weighted by Gasteiger charge is 2.24. The van der Waals surface area contributed by atoms with Crippen molar-refractivity contribution in [2.45, 2.75) is 19.4 Å². The van der Waals surface area contributed by atoms with Gasteiger partial charge in [-0.15, -0.1) is 5.10 Å². The zero-order valence-corrected chi connectivity index (χ0v) is 12.5. The molecule has 0 aliphatic rings. The Labute approximate surface area is 119 Å². The van der Waals surface area contributed by atoms with Gasteiger partial charge in [0.15, 0.2) is 9.82 Å². The molecule has 1 atom stereocenters. The molecule has 98 valence electrons. The van der Waals surface area contributed by atoms with Crippen molar-refractivity contribution in [2.24, 2.45) is 7.05 Å². The average molecular weight is 334 g/mol. The van der Waals surface area contributed by atoms with Crippen LogP contribution in [0.1, 0.15) is 30.6 Å². The quantitative estimate of drug-likeness (QED) is 0.914. The van der Waals surface area contributed by atoms with Gasteiger partial charge in [0, 0.05) is 12.6 Å². The number of hydrogen-bond acceptors (Lipinski definition) is 4. The number of halogens is 2. The number of nitrogens with one attached hydrogen (secondary N) is 1. The Morgan fingerprint density at radius 2 is 2.39 bits per heavy atom. The second-order valence-corrected chi connectivity index (χ2v) is 5.02. The minimum absolute atomic E-state index is 0.0921. The summed E-state index contributed by atoms with van der Waals surface area (Å²) in [6.45, 7) is 2.97. The molecule has 0 saturated carbocycles. The average Bonchev–Trinajstić information content (AvgIpc) is 2.90. The fraction of sp³-hybridized carbons (Fsp3) is 0.455. The molecule has 0 saturated heterocycles. The fourth-order valence-corrected chi connectivity index (χ4v) is 2.58. The standard InChI is InChI=1S/C11H14BrClN4O/c1-3-5-14-8(7-4-6-18-11(7)13)9-10(12)15-16-17(9)2/h4,6,8,14H,3,5H2,1-2H3. The highest BCUT2D eigenvalue weighted by molar-refractivity contribution is 9.10. The number of aromatic nitrogens is 3. The molecule has 0 amide bonds. The van der Waals surface area contributed by atoms with Gasteiger partial charge in [-0.2, -0.15) is 0 Å². The number of furan rings is 1. The van der Waals surface area contributed by atoms with Crippen molar-refractivity contribution in [3.63, 3.8) is 0 Å². The maximum absolute atomic E-state index is 6.06. The molecule has 0 fully saturated rings. The Morgan fingerprint density at radius 3 is 2.89 bits per heavy atom. The van der Waals surface area contributed by atoms with E-state index in [0.29, 0.717) is 9.82 Å². The van der Waals surface area contributed by atoms with Gasteiger partial charge in [-0.3, -0.25) is 0 Å². The van der Waals surface area contributed by atoms with Crippen LogP contribution in [0.25, 0.3) is 0 Å². The van der Waals surface area contributed by atoms with E-state index in [1.54, 1.807) is 10.9 Å². The van der Waals surface area contributed by atoms with Crippen LogP contribution in [0.15, 0.2) is 21.3 Å². The molecule has 2 heterocycles. The monoisotopic (exact) mass is 332 g/mol. The van der Waals surface area contributed by atoms with Crippen LogP contribution in [-0.4, -0.2) is 21.5 Å². The van der Waals surface area contributed by atoms with E-state index in [0.717, 1.165) is 24.2 Å². The van der Waals surface area contributed by atoms with Gasteiger partial charge in [0.1, 0.15) is 0 Å². The lowest BCUT2D eigenvalue weighted by Crippen LogP contribution is -2.25. The molecule has 1 unspecified atom stereocenters. The number of hydrogen-bond donors (Lipinski definition) is 1. The van der Waals surface area contributed by atoms with Crippen LogP contribution < -0.4 is 5.32 Å². The number of rotatable bonds is 5. The van der Waals surface area contributed by atoms with Crippen LogP contribution in [0.2, 0.25) is 5.22 Å². The summed E-state index contributed by atoms with van der Waals surface area (Å²) in [5.41, 5.74) is 1.81. The molecule has 0 aliphatic carbocycles. The summed E-state index contributed by atoms with van der Waals surface area (Å²) in [4.78, 5) is 0. The molecule has 0 aliphatic heterocycles. The first-order valence-corrected chi connectivity index (χ1v) is 6.83. The van der Waals surface area contributed by atoms with Crippen LogP contribution in [-0.2, 0) is 7.05 Å². The van der Waals surface area contributed by atoms with Crippen LogP contribution in [0.5, 0.6) is 0 Å². The molecular formula is C11H14BrClN4O. The van der Waals surface area contributed by atoms with E-state index in [-0.39, 0.29) is 6.04 Å². The Balaban J connectivity index is 2.40. The lowest BCUT2D eigenvalue weighted by Gasteiger charge is -2.17. The minimum atomic E-state index is -0.0921. The topological polar surface area (TPSA) is 55.9 Å². The van der Waals surface area contributed by atoms with E-state index in [1.807, 2.05) is 13.1 Å². The van der Waals surface area contributed by atoms with Crippen molar-refractivity contribution in [3.8, 4) is 0 Å². The molecule has 1 N–H and O–H groups in total. The Kier molecular flexibility index (Phi) is 4.42. The van der Waals surface area contributed by atoms with Crippen molar-refractivity contribution in [1.82, 2.24) is 20.3 Å². The maximum atomic E-state index is 6.06. The van der Waals surface area contributed by atoms with Crippen molar-refractivity contribution in [1.29, 1.82) is 0 Å². The SMILES string of the molecule is CCCNC(c1ccoc1Cl)c1c(Br)nnn1C. The van der Waals surface area contributed by atoms with E-state index in [9.17, 15) is 0 Å². The third-order valence-corrected chi connectivity index (χ3v) is 3.53. The highest BCUT2D eigenvalue weighted by atomic mass is 79.9. The van der Waals surface area contributed by atoms with Gasteiger partial charge in [0.25, 0.3) is 0 Å². The molecular weight excluding hydrogens is 320 g/mol. The molecule has 2 aromatic rings. The lowest BCUT2D eigenvalue weighted by molar-refractivity contribution is 0.530. The van der Waals surface area contributed by atoms with Gasteiger partial charge in [-0.05, 0) is 46.6 Å². The van der Waals surface area contributed by atoms with Gasteiger partial charge in [-0.25, -0.2) is 4.68 Å². The largest absolute Gasteiger partial charge is 0.453 e. The van der Waals surface area contributed by atoms with Gasteiger partial charge in [0.2, 0.25) is 0 Å². The molecule has 2 rings (SSSR count). The highest BCUT2D eigenvalue weighted by Crippen LogP contribution is 2.31. The maximum Gasteiger partial charge on any atom is 0.198 e. The first-order chi connectivity index (χ1) is 8.65. The summed E-state index contributed by atoms with van der Waals surface area (Å²) >= 11 is 9.47. The number of aryl methyl sites for hydroxylation is 1. The van der Waals surface area contributed by atoms with Gasteiger partial charge < -0.3 is 9.73 Å². The second-order valence-electron chi connectivity index (χ2n) is 3.93. The van der Waals surface area contributed by atoms with E-state index in [2.05, 4.69) is 38.5 Å². The molecule has 0 spiro atoms.